The highest BCUT2D eigenvalue weighted by atomic mass is 32.1. The maximum atomic E-state index is 5.13. The van der Waals surface area contributed by atoms with E-state index in [4.69, 9.17) is 15.0 Å². The van der Waals surface area contributed by atoms with E-state index in [1.807, 2.05) is 18.2 Å². The molecule has 0 aliphatic heterocycles. The normalized spacial score (nSPS) is 11.5. The van der Waals surface area contributed by atoms with Crippen molar-refractivity contribution >= 4 is 54.1 Å². The second-order valence-corrected chi connectivity index (χ2v) is 14.6. The van der Waals surface area contributed by atoms with Crippen molar-refractivity contribution in [2.45, 2.75) is 0 Å². The van der Waals surface area contributed by atoms with E-state index in [2.05, 4.69) is 156 Å². The Labute approximate surface area is 302 Å². The van der Waals surface area contributed by atoms with Gasteiger partial charge in [-0.15, -0.1) is 22.7 Å². The second kappa shape index (κ2) is 12.3. The zero-order valence-corrected chi connectivity index (χ0v) is 28.9. The lowest BCUT2D eigenvalue weighted by Crippen LogP contribution is -1.97. The molecule has 0 aliphatic carbocycles. The molecule has 240 valence electrons. The molecular weight excluding hydrogens is 661 g/mol. The zero-order valence-electron chi connectivity index (χ0n) is 27.3. The summed E-state index contributed by atoms with van der Waals surface area (Å²) >= 11 is 3.46. The van der Waals surface area contributed by atoms with Crippen molar-refractivity contribution < 1.29 is 0 Å². The molecule has 7 aromatic carbocycles. The smallest absolute Gasteiger partial charge is 0.145 e. The highest BCUT2D eigenvalue weighted by molar-refractivity contribution is 7.22. The van der Waals surface area contributed by atoms with Crippen LogP contribution in [0.5, 0.6) is 0 Å². The van der Waals surface area contributed by atoms with E-state index in [1.54, 1.807) is 22.7 Å². The summed E-state index contributed by atoms with van der Waals surface area (Å²) in [6.45, 7) is 0. The summed E-state index contributed by atoms with van der Waals surface area (Å²) in [5.41, 5.74) is 13.2. The average molecular weight is 689 g/mol. The number of para-hydroxylation sites is 4. The standard InChI is InChI=1S/C45H28N4S2/c1-4-16-40-37(13-1)46-43(31-21-19-29(20-22-31)32-9-7-11-34(27-32)44-47-38-14-2-5-17-41(38)50-44)49(40)36-25-23-30(24-26-36)33-10-8-12-35(28-33)45-48-39-15-3-6-18-42(39)51-45/h1-28H. The van der Waals surface area contributed by atoms with Gasteiger partial charge in [0.25, 0.3) is 0 Å². The number of aromatic nitrogens is 4. The maximum absolute atomic E-state index is 5.13. The summed E-state index contributed by atoms with van der Waals surface area (Å²) in [6, 6.07) is 59.8. The van der Waals surface area contributed by atoms with Crippen molar-refractivity contribution in [1.82, 2.24) is 19.5 Å². The molecule has 0 saturated carbocycles. The zero-order chi connectivity index (χ0) is 33.7. The Kier molecular flexibility index (Phi) is 7.15. The first-order valence-electron chi connectivity index (χ1n) is 16.8. The van der Waals surface area contributed by atoms with E-state index >= 15 is 0 Å². The van der Waals surface area contributed by atoms with Crippen LogP contribution in [0.15, 0.2) is 170 Å². The third-order valence-corrected chi connectivity index (χ3v) is 11.5. The maximum Gasteiger partial charge on any atom is 0.145 e. The van der Waals surface area contributed by atoms with Gasteiger partial charge in [0.15, 0.2) is 0 Å². The SMILES string of the molecule is c1cc(-c2ccc(-c3nc4ccccc4n3-c3ccc(-c4cccc(-c5nc6ccccc6s5)c4)cc3)cc2)cc(-c2nc3ccccc3s2)c1. The van der Waals surface area contributed by atoms with Crippen LogP contribution in [0, 0.1) is 0 Å². The fourth-order valence-corrected chi connectivity index (χ4v) is 8.67. The average Bonchev–Trinajstić information content (AvgIpc) is 3.94. The van der Waals surface area contributed by atoms with Gasteiger partial charge in [0.2, 0.25) is 0 Å². The van der Waals surface area contributed by atoms with Crippen molar-refractivity contribution in [3.63, 3.8) is 0 Å². The van der Waals surface area contributed by atoms with E-state index in [0.29, 0.717) is 0 Å². The Hall–Kier alpha value is -6.21. The van der Waals surface area contributed by atoms with Gasteiger partial charge in [-0.3, -0.25) is 4.57 Å². The Bertz CT molecular complexity index is 2790. The summed E-state index contributed by atoms with van der Waals surface area (Å²) in [6.07, 6.45) is 0. The topological polar surface area (TPSA) is 43.6 Å². The molecule has 4 nitrogen and oxygen atoms in total. The molecule has 3 aromatic heterocycles. The van der Waals surface area contributed by atoms with Crippen molar-refractivity contribution in [2.75, 3.05) is 0 Å². The summed E-state index contributed by atoms with van der Waals surface area (Å²) in [4.78, 5) is 14.9. The Morgan fingerprint density at radius 3 is 1.39 bits per heavy atom. The lowest BCUT2D eigenvalue weighted by atomic mass is 10.0. The van der Waals surface area contributed by atoms with E-state index in [0.717, 1.165) is 82.5 Å². The lowest BCUT2D eigenvalue weighted by molar-refractivity contribution is 1.10. The first kappa shape index (κ1) is 29.7. The fourth-order valence-electron chi connectivity index (χ4n) is 6.75. The van der Waals surface area contributed by atoms with Crippen LogP contribution in [0.1, 0.15) is 0 Å². The molecule has 51 heavy (non-hydrogen) atoms. The van der Waals surface area contributed by atoms with Crippen molar-refractivity contribution in [1.29, 1.82) is 0 Å². The van der Waals surface area contributed by atoms with Gasteiger partial charge in [-0.25, -0.2) is 15.0 Å². The van der Waals surface area contributed by atoms with E-state index in [-0.39, 0.29) is 0 Å². The van der Waals surface area contributed by atoms with Crippen LogP contribution >= 0.6 is 22.7 Å². The summed E-state index contributed by atoms with van der Waals surface area (Å²) in [7, 11) is 0. The minimum Gasteiger partial charge on any atom is -0.292 e. The van der Waals surface area contributed by atoms with Gasteiger partial charge in [0.1, 0.15) is 15.8 Å². The third kappa shape index (κ3) is 5.42. The molecular formula is C45H28N4S2. The van der Waals surface area contributed by atoms with Crippen LogP contribution in [0.4, 0.5) is 0 Å². The monoisotopic (exact) mass is 688 g/mol. The molecule has 0 unspecified atom stereocenters. The molecule has 0 aliphatic rings. The van der Waals surface area contributed by atoms with Crippen LogP contribution in [0.3, 0.4) is 0 Å². The van der Waals surface area contributed by atoms with Gasteiger partial charge >= 0.3 is 0 Å². The summed E-state index contributed by atoms with van der Waals surface area (Å²) < 4.78 is 4.67. The molecule has 3 heterocycles. The van der Waals surface area contributed by atoms with Gasteiger partial charge in [0.05, 0.1) is 31.5 Å². The van der Waals surface area contributed by atoms with E-state index < -0.39 is 0 Å². The number of thiazole rings is 2. The molecule has 0 saturated heterocycles. The predicted octanol–water partition coefficient (Wildman–Crippen LogP) is 12.6. The minimum absolute atomic E-state index is 0.913. The Balaban J connectivity index is 0.974. The van der Waals surface area contributed by atoms with Gasteiger partial charge in [0, 0.05) is 22.4 Å². The molecule has 6 heteroatoms. The molecule has 0 atom stereocenters. The summed E-state index contributed by atoms with van der Waals surface area (Å²) in [5.74, 6) is 0.913. The van der Waals surface area contributed by atoms with Crippen molar-refractivity contribution in [2.24, 2.45) is 0 Å². The highest BCUT2D eigenvalue weighted by Crippen LogP contribution is 2.36. The van der Waals surface area contributed by atoms with Gasteiger partial charge in [-0.2, -0.15) is 0 Å². The van der Waals surface area contributed by atoms with Gasteiger partial charge in [-0.05, 0) is 82.9 Å². The van der Waals surface area contributed by atoms with Crippen molar-refractivity contribution in [3.8, 4) is 60.5 Å². The highest BCUT2D eigenvalue weighted by Gasteiger charge is 2.16. The molecule has 0 amide bonds. The number of hydrogen-bond donors (Lipinski definition) is 0. The first-order valence-corrected chi connectivity index (χ1v) is 18.5. The quantitative estimate of drug-likeness (QED) is 0.175. The Morgan fingerprint density at radius 2 is 0.824 bits per heavy atom. The van der Waals surface area contributed by atoms with Crippen LogP contribution in [0.2, 0.25) is 0 Å². The third-order valence-electron chi connectivity index (χ3n) is 9.30. The van der Waals surface area contributed by atoms with Gasteiger partial charge in [-0.1, -0.05) is 109 Å². The lowest BCUT2D eigenvalue weighted by Gasteiger charge is -2.12. The molecule has 0 N–H and O–H groups in total. The van der Waals surface area contributed by atoms with E-state index in [9.17, 15) is 0 Å². The van der Waals surface area contributed by atoms with Crippen LogP contribution < -0.4 is 0 Å². The van der Waals surface area contributed by atoms with Crippen LogP contribution in [-0.4, -0.2) is 19.5 Å². The number of hydrogen-bond acceptors (Lipinski definition) is 5. The molecule has 0 radical (unpaired) electrons. The predicted molar refractivity (Wildman–Crippen MR) is 215 cm³/mol. The molecule has 0 bridgehead atoms. The van der Waals surface area contributed by atoms with Crippen LogP contribution in [-0.2, 0) is 0 Å². The first-order chi connectivity index (χ1) is 25.2. The number of benzene rings is 7. The molecule has 0 spiro atoms. The molecule has 10 rings (SSSR count). The largest absolute Gasteiger partial charge is 0.292 e. The Morgan fingerprint density at radius 1 is 0.353 bits per heavy atom. The van der Waals surface area contributed by atoms with Crippen molar-refractivity contribution in [3.05, 3.63) is 170 Å². The second-order valence-electron chi connectivity index (χ2n) is 12.5. The van der Waals surface area contributed by atoms with Crippen LogP contribution in [0.25, 0.3) is 91.9 Å². The fraction of sp³-hybridized carbons (Fsp3) is 0. The van der Waals surface area contributed by atoms with Gasteiger partial charge < -0.3 is 0 Å². The molecule has 0 fully saturated rings. The minimum atomic E-state index is 0.913. The number of nitrogens with zero attached hydrogens (tertiary/aromatic N) is 4. The van der Waals surface area contributed by atoms with E-state index in [1.165, 1.54) is 9.40 Å². The number of imidazole rings is 1. The number of rotatable bonds is 6. The number of fused-ring (bicyclic) bond motifs is 3. The molecule has 10 aromatic rings. The summed E-state index contributed by atoms with van der Waals surface area (Å²) in [5, 5.41) is 2.08.